The molecule has 1 unspecified atom stereocenters. The molecule has 0 bridgehead atoms. The molecule has 2 aliphatic rings. The lowest BCUT2D eigenvalue weighted by Gasteiger charge is -2.24. The van der Waals surface area contributed by atoms with E-state index in [9.17, 15) is 9.59 Å². The van der Waals surface area contributed by atoms with E-state index in [-0.39, 0.29) is 11.9 Å². The second kappa shape index (κ2) is 5.77. The summed E-state index contributed by atoms with van der Waals surface area (Å²) in [5.74, 6) is -0.800. The number of carbonyl (C=O) groups is 2. The smallest absolute Gasteiger partial charge is 0.320 e. The van der Waals surface area contributed by atoms with Crippen molar-refractivity contribution in [3.05, 3.63) is 0 Å². The molecule has 1 N–H and O–H groups in total. The predicted molar refractivity (Wildman–Crippen MR) is 68.8 cm³/mol. The Balaban J connectivity index is 1.90. The van der Waals surface area contributed by atoms with E-state index in [0.29, 0.717) is 25.6 Å². The van der Waals surface area contributed by atoms with Crippen molar-refractivity contribution in [3.8, 4) is 0 Å². The van der Waals surface area contributed by atoms with Gasteiger partial charge in [-0.2, -0.15) is 0 Å². The third kappa shape index (κ3) is 3.00. The number of hydrogen-bond donors (Lipinski definition) is 1. The van der Waals surface area contributed by atoms with Crippen molar-refractivity contribution in [1.29, 1.82) is 0 Å². The summed E-state index contributed by atoms with van der Waals surface area (Å²) in [4.78, 5) is 26.9. The predicted octanol–water partition coefficient (Wildman–Crippen LogP) is 0.727. The Hall–Kier alpha value is -1.30. The Kier molecular flexibility index (Phi) is 4.29. The molecule has 0 aromatic carbocycles. The summed E-state index contributed by atoms with van der Waals surface area (Å²) in [7, 11) is 1.67. The van der Waals surface area contributed by atoms with E-state index in [1.54, 1.807) is 12.0 Å². The monoisotopic (exact) mass is 270 g/mol. The summed E-state index contributed by atoms with van der Waals surface area (Å²) in [6.45, 7) is 4.91. The first kappa shape index (κ1) is 14.1. The van der Waals surface area contributed by atoms with Gasteiger partial charge >= 0.3 is 12.0 Å². The molecule has 6 nitrogen and oxygen atoms in total. The maximum absolute atomic E-state index is 12.3. The molecule has 2 rings (SSSR count). The lowest BCUT2D eigenvalue weighted by Crippen LogP contribution is -2.41. The molecule has 0 aliphatic carbocycles. The zero-order valence-corrected chi connectivity index (χ0v) is 11.5. The topological polar surface area (TPSA) is 70.1 Å². The Morgan fingerprint density at radius 2 is 2.00 bits per heavy atom. The van der Waals surface area contributed by atoms with Gasteiger partial charge in [-0.1, -0.05) is 6.92 Å². The van der Waals surface area contributed by atoms with Gasteiger partial charge in [-0.25, -0.2) is 4.79 Å². The van der Waals surface area contributed by atoms with E-state index in [4.69, 9.17) is 9.84 Å². The van der Waals surface area contributed by atoms with Crippen LogP contribution in [0, 0.1) is 17.8 Å². The molecule has 0 aromatic rings. The van der Waals surface area contributed by atoms with Crippen LogP contribution >= 0.6 is 0 Å². The maximum atomic E-state index is 12.3. The van der Waals surface area contributed by atoms with E-state index in [2.05, 4.69) is 0 Å². The number of hydrogen-bond acceptors (Lipinski definition) is 3. The SMILES string of the molecule is COCC1CCN(C(=O)N2C[C@@H](C)[C@H](C(=O)O)C2)C1. The molecule has 19 heavy (non-hydrogen) atoms. The zero-order valence-electron chi connectivity index (χ0n) is 11.5. The zero-order chi connectivity index (χ0) is 14.0. The second-order valence-corrected chi connectivity index (χ2v) is 5.67. The molecule has 6 heteroatoms. The van der Waals surface area contributed by atoms with Crippen LogP contribution in [0.3, 0.4) is 0 Å². The highest BCUT2D eigenvalue weighted by Crippen LogP contribution is 2.26. The van der Waals surface area contributed by atoms with Gasteiger partial charge in [0.2, 0.25) is 0 Å². The van der Waals surface area contributed by atoms with Crippen LogP contribution < -0.4 is 0 Å². The van der Waals surface area contributed by atoms with Gasteiger partial charge in [-0.3, -0.25) is 4.79 Å². The molecule has 2 saturated heterocycles. The molecule has 2 amide bonds. The Morgan fingerprint density at radius 1 is 1.26 bits per heavy atom. The number of ether oxygens (including phenoxy) is 1. The molecule has 2 fully saturated rings. The van der Waals surface area contributed by atoms with Crippen LogP contribution in [0.5, 0.6) is 0 Å². The lowest BCUT2D eigenvalue weighted by atomic mass is 9.99. The summed E-state index contributed by atoms with van der Waals surface area (Å²) in [6.07, 6.45) is 0.964. The minimum Gasteiger partial charge on any atom is -0.481 e. The maximum Gasteiger partial charge on any atom is 0.320 e. The first-order valence-corrected chi connectivity index (χ1v) is 6.78. The average Bonchev–Trinajstić information content (AvgIpc) is 2.95. The summed E-state index contributed by atoms with van der Waals surface area (Å²) in [5, 5.41) is 9.09. The van der Waals surface area contributed by atoms with E-state index >= 15 is 0 Å². The molecular weight excluding hydrogens is 248 g/mol. The number of nitrogens with zero attached hydrogens (tertiary/aromatic N) is 2. The van der Waals surface area contributed by atoms with Crippen LogP contribution in [0.15, 0.2) is 0 Å². The van der Waals surface area contributed by atoms with E-state index in [1.807, 2.05) is 11.8 Å². The summed E-state index contributed by atoms with van der Waals surface area (Å²) >= 11 is 0. The molecular formula is C13H22N2O4. The Labute approximate surface area is 113 Å². The lowest BCUT2D eigenvalue weighted by molar-refractivity contribution is -0.142. The van der Waals surface area contributed by atoms with Gasteiger partial charge in [0.25, 0.3) is 0 Å². The van der Waals surface area contributed by atoms with Crippen LogP contribution in [-0.4, -0.2) is 66.8 Å². The van der Waals surface area contributed by atoms with Gasteiger partial charge in [-0.15, -0.1) is 0 Å². The van der Waals surface area contributed by atoms with Gasteiger partial charge in [0.15, 0.2) is 0 Å². The first-order valence-electron chi connectivity index (χ1n) is 6.78. The third-order valence-corrected chi connectivity index (χ3v) is 4.16. The molecule has 2 heterocycles. The molecule has 108 valence electrons. The van der Waals surface area contributed by atoms with Crippen LogP contribution in [-0.2, 0) is 9.53 Å². The quantitative estimate of drug-likeness (QED) is 0.820. The number of amides is 2. The van der Waals surface area contributed by atoms with Gasteiger partial charge in [-0.05, 0) is 12.3 Å². The number of methoxy groups -OCH3 is 1. The third-order valence-electron chi connectivity index (χ3n) is 4.16. The fraction of sp³-hybridized carbons (Fsp3) is 0.846. The van der Waals surface area contributed by atoms with E-state index in [0.717, 1.165) is 19.5 Å². The largest absolute Gasteiger partial charge is 0.481 e. The minimum atomic E-state index is -0.804. The van der Waals surface area contributed by atoms with Crippen molar-refractivity contribution in [3.63, 3.8) is 0 Å². The summed E-state index contributed by atoms with van der Waals surface area (Å²) < 4.78 is 5.12. The van der Waals surface area contributed by atoms with Crippen molar-refractivity contribution in [2.45, 2.75) is 13.3 Å². The normalized spacial score (nSPS) is 30.9. The molecule has 0 aromatic heterocycles. The second-order valence-electron chi connectivity index (χ2n) is 5.67. The van der Waals surface area contributed by atoms with Crippen LogP contribution in [0.2, 0.25) is 0 Å². The van der Waals surface area contributed by atoms with Gasteiger partial charge in [0.05, 0.1) is 12.5 Å². The fourth-order valence-electron chi connectivity index (χ4n) is 3.02. The molecule has 0 spiro atoms. The van der Waals surface area contributed by atoms with Crippen molar-refractivity contribution in [2.75, 3.05) is 39.9 Å². The fourth-order valence-corrected chi connectivity index (χ4v) is 3.02. The molecule has 3 atom stereocenters. The number of carbonyl (C=O) groups excluding carboxylic acids is 1. The average molecular weight is 270 g/mol. The minimum absolute atomic E-state index is 0.0193. The number of rotatable bonds is 3. The van der Waals surface area contributed by atoms with Crippen LogP contribution in [0.25, 0.3) is 0 Å². The number of carboxylic acids is 1. The van der Waals surface area contributed by atoms with Crippen molar-refractivity contribution >= 4 is 12.0 Å². The van der Waals surface area contributed by atoms with Crippen molar-refractivity contribution in [2.24, 2.45) is 17.8 Å². The summed E-state index contributed by atoms with van der Waals surface area (Å²) in [5.41, 5.74) is 0. The number of likely N-dealkylation sites (tertiary alicyclic amines) is 2. The molecule has 2 aliphatic heterocycles. The summed E-state index contributed by atoms with van der Waals surface area (Å²) in [6, 6.07) is -0.0193. The molecule has 0 saturated carbocycles. The number of urea groups is 1. The van der Waals surface area contributed by atoms with Crippen LogP contribution in [0.1, 0.15) is 13.3 Å². The van der Waals surface area contributed by atoms with Gasteiger partial charge in [0, 0.05) is 39.2 Å². The van der Waals surface area contributed by atoms with Gasteiger partial charge < -0.3 is 19.6 Å². The Morgan fingerprint density at radius 3 is 2.58 bits per heavy atom. The van der Waals surface area contributed by atoms with E-state index in [1.165, 1.54) is 0 Å². The highest BCUT2D eigenvalue weighted by atomic mass is 16.5. The highest BCUT2D eigenvalue weighted by Gasteiger charge is 2.39. The molecule has 0 radical (unpaired) electrons. The standard InChI is InChI=1S/C13H22N2O4/c1-9-5-15(7-11(9)12(16)17)13(18)14-4-3-10(6-14)8-19-2/h9-11H,3-8H2,1-2H3,(H,16,17)/t9-,10?,11-/m1/s1. The Bertz CT molecular complexity index is 361. The van der Waals surface area contributed by atoms with E-state index < -0.39 is 11.9 Å². The number of aliphatic carboxylic acids is 1. The first-order chi connectivity index (χ1) is 9.02. The van der Waals surface area contributed by atoms with Crippen LogP contribution in [0.4, 0.5) is 4.79 Å². The van der Waals surface area contributed by atoms with Gasteiger partial charge in [0.1, 0.15) is 0 Å². The van der Waals surface area contributed by atoms with Crippen molar-refractivity contribution < 1.29 is 19.4 Å². The van der Waals surface area contributed by atoms with Crippen molar-refractivity contribution in [1.82, 2.24) is 9.80 Å². The number of carboxylic acid groups (broad SMARTS) is 1. The highest BCUT2D eigenvalue weighted by molar-refractivity contribution is 5.78.